The summed E-state index contributed by atoms with van der Waals surface area (Å²) in [7, 11) is -3.34. The second-order valence-corrected chi connectivity index (χ2v) is 7.31. The molecule has 6 heteroatoms. The summed E-state index contributed by atoms with van der Waals surface area (Å²) >= 11 is 0. The molecule has 19 heavy (non-hydrogen) atoms. The van der Waals surface area contributed by atoms with Crippen LogP contribution >= 0.6 is 0 Å². The molecule has 0 radical (unpaired) electrons. The van der Waals surface area contributed by atoms with E-state index in [0.29, 0.717) is 26.2 Å². The Hall–Kier alpha value is -0.170. The van der Waals surface area contributed by atoms with Crippen molar-refractivity contribution >= 4 is 10.2 Å². The summed E-state index contributed by atoms with van der Waals surface area (Å²) in [6, 6.07) is 0. The highest BCUT2D eigenvalue weighted by atomic mass is 32.2. The summed E-state index contributed by atoms with van der Waals surface area (Å²) in [6.45, 7) is 6.37. The van der Waals surface area contributed by atoms with Gasteiger partial charge in [-0.3, -0.25) is 0 Å². The van der Waals surface area contributed by atoms with Gasteiger partial charge in [-0.25, -0.2) is 4.72 Å². The molecule has 0 spiro atoms. The maximum absolute atomic E-state index is 12.3. The fraction of sp³-hybridized carbons (Fsp3) is 1.00. The molecule has 1 aliphatic rings. The molecule has 0 saturated carbocycles. The van der Waals surface area contributed by atoms with E-state index in [4.69, 9.17) is 5.73 Å². The quantitative estimate of drug-likeness (QED) is 0.745. The summed E-state index contributed by atoms with van der Waals surface area (Å²) in [4.78, 5) is 0. The van der Waals surface area contributed by atoms with Gasteiger partial charge in [-0.15, -0.1) is 0 Å². The maximum Gasteiger partial charge on any atom is 0.279 e. The molecular formula is C13H29N3O2S. The van der Waals surface area contributed by atoms with Crippen molar-refractivity contribution in [3.05, 3.63) is 0 Å². The van der Waals surface area contributed by atoms with Crippen LogP contribution in [0.25, 0.3) is 0 Å². The van der Waals surface area contributed by atoms with Crippen LogP contribution in [0, 0.1) is 5.41 Å². The fourth-order valence-corrected chi connectivity index (χ4v) is 3.89. The lowest BCUT2D eigenvalue weighted by molar-refractivity contribution is 0.271. The predicted octanol–water partition coefficient (Wildman–Crippen LogP) is 1.46. The van der Waals surface area contributed by atoms with Crippen LogP contribution < -0.4 is 10.5 Å². The Bertz CT molecular complexity index is 337. The topological polar surface area (TPSA) is 75.4 Å². The molecule has 0 aromatic carbocycles. The minimum Gasteiger partial charge on any atom is -0.330 e. The second-order valence-electron chi connectivity index (χ2n) is 5.55. The van der Waals surface area contributed by atoms with Crippen molar-refractivity contribution in [2.24, 2.45) is 11.1 Å². The SMILES string of the molecule is CCC(CC)(CN)CNS(=O)(=O)N1CCCCCC1. The van der Waals surface area contributed by atoms with Crippen LogP contribution in [0.3, 0.4) is 0 Å². The standard InChI is InChI=1S/C13H29N3O2S/c1-3-13(4-2,11-14)12-15-19(17,18)16-9-7-5-6-8-10-16/h15H,3-12,14H2,1-2H3. The molecular weight excluding hydrogens is 262 g/mol. The smallest absolute Gasteiger partial charge is 0.279 e. The van der Waals surface area contributed by atoms with E-state index in [1.54, 1.807) is 4.31 Å². The number of nitrogens with two attached hydrogens (primary N) is 1. The van der Waals surface area contributed by atoms with Gasteiger partial charge in [0.25, 0.3) is 10.2 Å². The maximum atomic E-state index is 12.3. The highest BCUT2D eigenvalue weighted by molar-refractivity contribution is 7.87. The van der Waals surface area contributed by atoms with E-state index in [9.17, 15) is 8.42 Å². The Balaban J connectivity index is 2.63. The molecule has 1 fully saturated rings. The zero-order valence-corrected chi connectivity index (χ0v) is 13.1. The van der Waals surface area contributed by atoms with Gasteiger partial charge in [0.05, 0.1) is 0 Å². The largest absolute Gasteiger partial charge is 0.330 e. The Morgan fingerprint density at radius 3 is 2.05 bits per heavy atom. The third-order valence-electron chi connectivity index (χ3n) is 4.47. The molecule has 0 aromatic rings. The minimum atomic E-state index is -3.34. The Kier molecular flexibility index (Phi) is 6.73. The summed E-state index contributed by atoms with van der Waals surface area (Å²) in [5, 5.41) is 0. The normalized spacial score (nSPS) is 19.3. The first-order valence-electron chi connectivity index (χ1n) is 7.44. The van der Waals surface area contributed by atoms with Crippen LogP contribution in [0.4, 0.5) is 0 Å². The second kappa shape index (κ2) is 7.57. The number of hydrogen-bond donors (Lipinski definition) is 2. The van der Waals surface area contributed by atoms with Gasteiger partial charge in [-0.1, -0.05) is 26.7 Å². The van der Waals surface area contributed by atoms with Gasteiger partial charge in [-0.05, 0) is 37.6 Å². The van der Waals surface area contributed by atoms with Gasteiger partial charge in [0.1, 0.15) is 0 Å². The van der Waals surface area contributed by atoms with Gasteiger partial charge < -0.3 is 5.73 Å². The van der Waals surface area contributed by atoms with Crippen LogP contribution in [0.2, 0.25) is 0 Å². The summed E-state index contributed by atoms with van der Waals surface area (Å²) in [5.41, 5.74) is 5.70. The van der Waals surface area contributed by atoms with Crippen LogP contribution in [0.1, 0.15) is 52.4 Å². The molecule has 0 bridgehead atoms. The molecule has 1 saturated heterocycles. The molecule has 1 heterocycles. The molecule has 0 amide bonds. The fourth-order valence-electron chi connectivity index (χ4n) is 2.48. The highest BCUT2D eigenvalue weighted by Gasteiger charge is 2.29. The van der Waals surface area contributed by atoms with Crippen molar-refractivity contribution in [2.45, 2.75) is 52.4 Å². The van der Waals surface area contributed by atoms with Gasteiger partial charge in [0.2, 0.25) is 0 Å². The van der Waals surface area contributed by atoms with E-state index in [1.165, 1.54) is 0 Å². The first-order chi connectivity index (χ1) is 8.99. The number of nitrogens with zero attached hydrogens (tertiary/aromatic N) is 1. The van der Waals surface area contributed by atoms with Crippen molar-refractivity contribution in [1.82, 2.24) is 9.03 Å². The molecule has 0 atom stereocenters. The Labute approximate surface area is 118 Å². The molecule has 114 valence electrons. The van der Waals surface area contributed by atoms with Crippen molar-refractivity contribution < 1.29 is 8.42 Å². The number of nitrogens with one attached hydrogen (secondary N) is 1. The van der Waals surface area contributed by atoms with Crippen molar-refractivity contribution in [1.29, 1.82) is 0 Å². The molecule has 3 N–H and O–H groups in total. The van der Waals surface area contributed by atoms with Gasteiger partial charge in [0, 0.05) is 19.6 Å². The average molecular weight is 291 g/mol. The Morgan fingerprint density at radius 1 is 1.11 bits per heavy atom. The van der Waals surface area contributed by atoms with Crippen LogP contribution in [0.15, 0.2) is 0 Å². The lowest BCUT2D eigenvalue weighted by Gasteiger charge is -2.31. The van der Waals surface area contributed by atoms with Crippen molar-refractivity contribution in [2.75, 3.05) is 26.2 Å². The summed E-state index contributed by atoms with van der Waals surface area (Å²) < 4.78 is 29.0. The predicted molar refractivity (Wildman–Crippen MR) is 79.0 cm³/mol. The van der Waals surface area contributed by atoms with Gasteiger partial charge in [-0.2, -0.15) is 12.7 Å². The lowest BCUT2D eigenvalue weighted by Crippen LogP contribution is -2.47. The molecule has 0 aliphatic carbocycles. The van der Waals surface area contributed by atoms with E-state index in [0.717, 1.165) is 38.5 Å². The average Bonchev–Trinajstić information content (AvgIpc) is 2.70. The molecule has 0 aromatic heterocycles. The van der Waals surface area contributed by atoms with Crippen molar-refractivity contribution in [3.8, 4) is 0 Å². The molecule has 0 unspecified atom stereocenters. The van der Waals surface area contributed by atoms with E-state index in [1.807, 2.05) is 0 Å². The van der Waals surface area contributed by atoms with Crippen LogP contribution in [0.5, 0.6) is 0 Å². The van der Waals surface area contributed by atoms with E-state index in [-0.39, 0.29) is 5.41 Å². The molecule has 1 aliphatic heterocycles. The van der Waals surface area contributed by atoms with E-state index < -0.39 is 10.2 Å². The first kappa shape index (κ1) is 16.9. The monoisotopic (exact) mass is 291 g/mol. The third-order valence-corrected chi connectivity index (χ3v) is 6.02. The third kappa shape index (κ3) is 4.70. The van der Waals surface area contributed by atoms with Gasteiger partial charge in [0.15, 0.2) is 0 Å². The Morgan fingerprint density at radius 2 is 1.63 bits per heavy atom. The summed E-state index contributed by atoms with van der Waals surface area (Å²) in [5.74, 6) is 0. The first-order valence-corrected chi connectivity index (χ1v) is 8.88. The molecule has 5 nitrogen and oxygen atoms in total. The number of rotatable bonds is 7. The van der Waals surface area contributed by atoms with Crippen LogP contribution in [-0.2, 0) is 10.2 Å². The van der Waals surface area contributed by atoms with Crippen molar-refractivity contribution in [3.63, 3.8) is 0 Å². The number of hydrogen-bond acceptors (Lipinski definition) is 3. The molecule has 1 rings (SSSR count). The van der Waals surface area contributed by atoms with E-state index >= 15 is 0 Å². The zero-order chi connectivity index (χ0) is 14.4. The highest BCUT2D eigenvalue weighted by Crippen LogP contribution is 2.24. The summed E-state index contributed by atoms with van der Waals surface area (Å²) in [6.07, 6.45) is 5.96. The van der Waals surface area contributed by atoms with Gasteiger partial charge >= 0.3 is 0 Å². The lowest BCUT2D eigenvalue weighted by atomic mass is 9.83. The zero-order valence-electron chi connectivity index (χ0n) is 12.3. The van der Waals surface area contributed by atoms with E-state index in [2.05, 4.69) is 18.6 Å². The van der Waals surface area contributed by atoms with Crippen LogP contribution in [-0.4, -0.2) is 38.9 Å². The minimum absolute atomic E-state index is 0.112.